The maximum Gasteiger partial charge on any atom is 0.151 e. The van der Waals surface area contributed by atoms with E-state index in [4.69, 9.17) is 0 Å². The van der Waals surface area contributed by atoms with Crippen LogP contribution in [0.1, 0.15) is 12.5 Å². The van der Waals surface area contributed by atoms with Gasteiger partial charge < -0.3 is 10.4 Å². The van der Waals surface area contributed by atoms with Crippen LogP contribution in [0.5, 0.6) is 0 Å². The number of aliphatic hydroxyl groups excluding tert-OH is 1. The van der Waals surface area contributed by atoms with Crippen molar-refractivity contribution in [2.45, 2.75) is 18.6 Å². The van der Waals surface area contributed by atoms with Gasteiger partial charge in [0.25, 0.3) is 0 Å². The zero-order valence-electron chi connectivity index (χ0n) is 14.2. The van der Waals surface area contributed by atoms with Gasteiger partial charge in [0.2, 0.25) is 0 Å². The first-order valence-electron chi connectivity index (χ1n) is 8.59. The topological polar surface area (TPSA) is 67.9 Å². The average Bonchev–Trinajstić information content (AvgIpc) is 3.27. The number of halogens is 1. The molecular formula is C18H18FN5OS. The molecule has 1 aliphatic heterocycles. The zero-order chi connectivity index (χ0) is 17.8. The molecular weight excluding hydrogens is 353 g/mol. The summed E-state index contributed by atoms with van der Waals surface area (Å²) in [6.45, 7) is 1.55. The third kappa shape index (κ3) is 2.53. The van der Waals surface area contributed by atoms with Gasteiger partial charge in [0, 0.05) is 41.6 Å². The molecule has 0 saturated carbocycles. The van der Waals surface area contributed by atoms with Crippen molar-refractivity contribution < 1.29 is 9.50 Å². The molecule has 6 nitrogen and oxygen atoms in total. The maximum atomic E-state index is 14.4. The van der Waals surface area contributed by atoms with Crippen LogP contribution >= 0.6 is 11.3 Å². The van der Waals surface area contributed by atoms with Crippen LogP contribution in [0.15, 0.2) is 30.6 Å². The van der Waals surface area contributed by atoms with Crippen molar-refractivity contribution >= 4 is 32.5 Å². The standard InChI is InChI=1S/C18H18FN5OS/c1-23-8-11-4-10(5-13(19)17(11)21-23)16-6-12-9-24(22-18(12)26-16)14-7-20-3-2-15(14)25/h4-6,8-9,14-15,20,25H,2-3,7H2,1H3/t14-,15+/m1/s1. The molecule has 134 valence electrons. The van der Waals surface area contributed by atoms with Crippen molar-refractivity contribution in [3.05, 3.63) is 36.4 Å². The first-order chi connectivity index (χ1) is 12.6. The van der Waals surface area contributed by atoms with E-state index in [2.05, 4.69) is 15.5 Å². The highest BCUT2D eigenvalue weighted by atomic mass is 32.1. The van der Waals surface area contributed by atoms with Gasteiger partial charge in [-0.3, -0.25) is 9.36 Å². The minimum absolute atomic E-state index is 0.0454. The summed E-state index contributed by atoms with van der Waals surface area (Å²) in [7, 11) is 1.79. The van der Waals surface area contributed by atoms with E-state index in [1.165, 1.54) is 17.4 Å². The molecule has 1 saturated heterocycles. The Morgan fingerprint density at radius 3 is 2.92 bits per heavy atom. The fourth-order valence-electron chi connectivity index (χ4n) is 3.61. The third-order valence-corrected chi connectivity index (χ3v) is 6.02. The lowest BCUT2D eigenvalue weighted by molar-refractivity contribution is 0.0787. The van der Waals surface area contributed by atoms with Crippen molar-refractivity contribution in [3.63, 3.8) is 0 Å². The van der Waals surface area contributed by atoms with Crippen molar-refractivity contribution in [1.29, 1.82) is 0 Å². The van der Waals surface area contributed by atoms with E-state index in [1.54, 1.807) is 11.7 Å². The van der Waals surface area contributed by atoms with Crippen molar-refractivity contribution in [1.82, 2.24) is 24.9 Å². The third-order valence-electron chi connectivity index (χ3n) is 4.93. The molecule has 0 aliphatic carbocycles. The van der Waals surface area contributed by atoms with E-state index in [9.17, 15) is 9.50 Å². The van der Waals surface area contributed by atoms with Gasteiger partial charge in [-0.15, -0.1) is 11.3 Å². The summed E-state index contributed by atoms with van der Waals surface area (Å²) < 4.78 is 17.8. The minimum atomic E-state index is -0.383. The Balaban J connectivity index is 1.53. The van der Waals surface area contributed by atoms with E-state index in [1.807, 2.05) is 29.2 Å². The first kappa shape index (κ1) is 15.9. The Labute approximate surface area is 152 Å². The van der Waals surface area contributed by atoms with Crippen molar-refractivity contribution in [2.75, 3.05) is 13.1 Å². The molecule has 0 unspecified atom stereocenters. The molecule has 3 aromatic heterocycles. The van der Waals surface area contributed by atoms with Gasteiger partial charge in [0.05, 0.1) is 12.1 Å². The molecule has 4 aromatic rings. The Kier molecular flexibility index (Phi) is 3.59. The highest BCUT2D eigenvalue weighted by Gasteiger charge is 2.25. The van der Waals surface area contributed by atoms with E-state index in [0.717, 1.165) is 39.0 Å². The minimum Gasteiger partial charge on any atom is -0.391 e. The van der Waals surface area contributed by atoms with Gasteiger partial charge in [-0.1, -0.05) is 0 Å². The molecule has 0 radical (unpaired) electrons. The number of thiophene rings is 1. The molecule has 0 spiro atoms. The lowest BCUT2D eigenvalue weighted by atomic mass is 10.0. The molecule has 4 heterocycles. The number of aryl methyl sites for hydroxylation is 1. The Morgan fingerprint density at radius 1 is 1.23 bits per heavy atom. The summed E-state index contributed by atoms with van der Waals surface area (Å²) in [5.41, 5.74) is 1.22. The lowest BCUT2D eigenvalue weighted by Gasteiger charge is -2.28. The molecule has 0 amide bonds. The number of aliphatic hydroxyl groups is 1. The normalized spacial score (nSPS) is 21.0. The Hall–Kier alpha value is -2.29. The van der Waals surface area contributed by atoms with Crippen LogP contribution in [0.25, 0.3) is 31.6 Å². The number of fused-ring (bicyclic) bond motifs is 2. The van der Waals surface area contributed by atoms with Crippen LogP contribution in [0.4, 0.5) is 4.39 Å². The van der Waals surface area contributed by atoms with Crippen LogP contribution in [-0.4, -0.2) is 43.9 Å². The van der Waals surface area contributed by atoms with Crippen LogP contribution in [-0.2, 0) is 7.05 Å². The first-order valence-corrected chi connectivity index (χ1v) is 9.41. The van der Waals surface area contributed by atoms with E-state index in [-0.39, 0.29) is 18.0 Å². The summed E-state index contributed by atoms with van der Waals surface area (Å²) in [5.74, 6) is -0.314. The number of nitrogens with one attached hydrogen (secondary N) is 1. The molecule has 1 fully saturated rings. The smallest absolute Gasteiger partial charge is 0.151 e. The summed E-state index contributed by atoms with van der Waals surface area (Å²) >= 11 is 1.53. The number of hydrogen-bond donors (Lipinski definition) is 2. The largest absolute Gasteiger partial charge is 0.391 e. The van der Waals surface area contributed by atoms with Gasteiger partial charge >= 0.3 is 0 Å². The molecule has 8 heteroatoms. The molecule has 2 atom stereocenters. The predicted octanol–water partition coefficient (Wildman–Crippen LogP) is 2.69. The van der Waals surface area contributed by atoms with Gasteiger partial charge in [-0.2, -0.15) is 10.2 Å². The van der Waals surface area contributed by atoms with Crippen molar-refractivity contribution in [2.24, 2.45) is 7.05 Å². The van der Waals surface area contributed by atoms with Gasteiger partial charge in [-0.05, 0) is 36.7 Å². The van der Waals surface area contributed by atoms with E-state index >= 15 is 0 Å². The van der Waals surface area contributed by atoms with Crippen molar-refractivity contribution in [3.8, 4) is 10.4 Å². The van der Waals surface area contributed by atoms with Gasteiger partial charge in [0.15, 0.2) is 5.82 Å². The number of nitrogens with zero attached hydrogens (tertiary/aromatic N) is 4. The molecule has 1 aromatic carbocycles. The number of benzene rings is 1. The van der Waals surface area contributed by atoms with E-state index < -0.39 is 0 Å². The Bertz CT molecular complexity index is 1080. The SMILES string of the molecule is Cn1cc2cc(-c3cc4cn([C@@H]5CNCC[C@@H]5O)nc4s3)cc(F)c2n1. The second-order valence-corrected chi connectivity index (χ2v) is 7.84. The summed E-state index contributed by atoms with van der Waals surface area (Å²) in [6.07, 6.45) is 4.13. The zero-order valence-corrected chi connectivity index (χ0v) is 15.0. The highest BCUT2D eigenvalue weighted by Crippen LogP contribution is 2.35. The molecule has 0 bridgehead atoms. The maximum absolute atomic E-state index is 14.4. The second kappa shape index (κ2) is 5.87. The van der Waals surface area contributed by atoms with Crippen LogP contribution < -0.4 is 5.32 Å². The molecule has 26 heavy (non-hydrogen) atoms. The summed E-state index contributed by atoms with van der Waals surface area (Å²) in [5, 5.41) is 24.1. The average molecular weight is 371 g/mol. The van der Waals surface area contributed by atoms with Crippen LogP contribution in [0, 0.1) is 5.82 Å². The second-order valence-electron chi connectivity index (χ2n) is 6.81. The molecule has 5 rings (SSSR count). The molecule has 2 N–H and O–H groups in total. The monoisotopic (exact) mass is 371 g/mol. The lowest BCUT2D eigenvalue weighted by Crippen LogP contribution is -2.41. The van der Waals surface area contributed by atoms with Gasteiger partial charge in [-0.25, -0.2) is 4.39 Å². The van der Waals surface area contributed by atoms with Gasteiger partial charge in [0.1, 0.15) is 10.3 Å². The number of piperidine rings is 1. The van der Waals surface area contributed by atoms with E-state index in [0.29, 0.717) is 12.1 Å². The summed E-state index contributed by atoms with van der Waals surface area (Å²) in [4.78, 5) is 1.87. The fourth-order valence-corrected chi connectivity index (χ4v) is 4.60. The fraction of sp³-hybridized carbons (Fsp3) is 0.333. The highest BCUT2D eigenvalue weighted by molar-refractivity contribution is 7.21. The van der Waals surface area contributed by atoms with Crippen LogP contribution in [0.3, 0.4) is 0 Å². The Morgan fingerprint density at radius 2 is 2.12 bits per heavy atom. The molecule has 1 aliphatic rings. The quantitative estimate of drug-likeness (QED) is 0.569. The number of aromatic nitrogens is 4. The predicted molar refractivity (Wildman–Crippen MR) is 99.8 cm³/mol. The number of rotatable bonds is 2. The number of hydrogen-bond acceptors (Lipinski definition) is 5. The van der Waals surface area contributed by atoms with Crippen LogP contribution in [0.2, 0.25) is 0 Å². The summed E-state index contributed by atoms with van der Waals surface area (Å²) in [6, 6.07) is 5.47.